The Morgan fingerprint density at radius 3 is 2.42 bits per heavy atom. The van der Waals surface area contributed by atoms with E-state index in [1.165, 1.54) is 12.8 Å². The molecule has 8 rings (SSSR count). The highest BCUT2D eigenvalue weighted by atomic mass is 32.1. The van der Waals surface area contributed by atoms with Crippen LogP contribution in [0.4, 0.5) is 11.4 Å². The van der Waals surface area contributed by atoms with Crippen LogP contribution >= 0.6 is 11.3 Å². The molecule has 4 N–H and O–H groups in total. The van der Waals surface area contributed by atoms with Gasteiger partial charge in [-0.05, 0) is 140 Å². The number of amides is 5. The zero-order valence-corrected chi connectivity index (χ0v) is 35.4. The Balaban J connectivity index is 0.800. The summed E-state index contributed by atoms with van der Waals surface area (Å²) in [4.78, 5) is 81.1. The zero-order valence-electron chi connectivity index (χ0n) is 34.6. The summed E-state index contributed by atoms with van der Waals surface area (Å²) < 4.78 is 0.984. The number of piperidine rings is 1. The molecule has 1 saturated carbocycles. The average Bonchev–Trinajstić information content (AvgIpc) is 3.73. The Morgan fingerprint density at radius 1 is 0.933 bits per heavy atom. The Bertz CT molecular complexity index is 2300. The van der Waals surface area contributed by atoms with Crippen LogP contribution in [0.2, 0.25) is 0 Å². The number of likely N-dealkylation sites (tertiary alicyclic amines) is 1. The van der Waals surface area contributed by atoms with Gasteiger partial charge in [0.15, 0.2) is 0 Å². The highest BCUT2D eigenvalue weighted by Gasteiger charge is 2.45. The van der Waals surface area contributed by atoms with Gasteiger partial charge in [0, 0.05) is 48.6 Å². The predicted molar refractivity (Wildman–Crippen MR) is 229 cm³/mol. The number of benzene rings is 2. The van der Waals surface area contributed by atoms with Gasteiger partial charge >= 0.3 is 0 Å². The monoisotopic (exact) mass is 834 g/mol. The largest absolute Gasteiger partial charge is 0.386 e. The lowest BCUT2D eigenvalue weighted by Crippen LogP contribution is -2.54. The number of anilines is 2. The maximum Gasteiger partial charge on any atom is 0.274 e. The number of carbonyl (C=O) groups excluding carboxylic acids is 5. The fourth-order valence-electron chi connectivity index (χ4n) is 9.51. The molecule has 0 bridgehead atoms. The van der Waals surface area contributed by atoms with E-state index in [4.69, 9.17) is 4.98 Å². The first-order valence-electron chi connectivity index (χ1n) is 21.4. The molecule has 316 valence electrons. The van der Waals surface area contributed by atoms with E-state index in [2.05, 4.69) is 30.8 Å². The van der Waals surface area contributed by atoms with Crippen LogP contribution in [0, 0.1) is 18.8 Å². The molecule has 1 unspecified atom stereocenters. The zero-order chi connectivity index (χ0) is 42.1. The minimum atomic E-state index is -1.19. The topological polar surface area (TPSA) is 187 Å². The molecule has 0 spiro atoms. The summed E-state index contributed by atoms with van der Waals surface area (Å²) in [5.74, 6) is -0.174. The average molecular weight is 835 g/mol. The minimum Gasteiger partial charge on any atom is -0.386 e. The number of hydrogen-bond acceptors (Lipinski definition) is 12. The molecule has 4 aromatic rings. The van der Waals surface area contributed by atoms with E-state index in [1.54, 1.807) is 56.5 Å². The van der Waals surface area contributed by atoms with Gasteiger partial charge in [0.25, 0.3) is 17.7 Å². The number of imide groups is 2. The van der Waals surface area contributed by atoms with E-state index in [0.29, 0.717) is 58.2 Å². The number of nitrogens with one attached hydrogen (secondary N) is 3. The normalized spacial score (nSPS) is 22.1. The number of hydrogen-bond donors (Lipinski definition) is 4. The van der Waals surface area contributed by atoms with Gasteiger partial charge in [0.2, 0.25) is 11.8 Å². The fraction of sp³-hybridized carbons (Fsp3) is 0.511. The molecule has 1 atom stereocenters. The van der Waals surface area contributed by atoms with Crippen molar-refractivity contribution in [2.45, 2.75) is 109 Å². The number of aliphatic hydroxyl groups is 1. The van der Waals surface area contributed by atoms with Crippen LogP contribution in [0.5, 0.6) is 0 Å². The van der Waals surface area contributed by atoms with Crippen molar-refractivity contribution < 1.29 is 29.1 Å². The second-order valence-electron chi connectivity index (χ2n) is 17.5. The summed E-state index contributed by atoms with van der Waals surface area (Å²) in [6.45, 7) is 9.18. The van der Waals surface area contributed by atoms with Crippen LogP contribution in [0.3, 0.4) is 0 Å². The quantitative estimate of drug-likeness (QED) is 0.120. The summed E-state index contributed by atoms with van der Waals surface area (Å²) in [5.41, 5.74) is 2.30. The van der Waals surface area contributed by atoms with Gasteiger partial charge in [-0.3, -0.25) is 34.2 Å². The molecule has 60 heavy (non-hydrogen) atoms. The number of nitrogens with zero attached hydrogens (tertiary/aromatic N) is 5. The molecule has 5 amide bonds. The summed E-state index contributed by atoms with van der Waals surface area (Å²) in [7, 11) is 0. The van der Waals surface area contributed by atoms with Crippen LogP contribution in [-0.4, -0.2) is 91.6 Å². The Labute approximate surface area is 353 Å². The van der Waals surface area contributed by atoms with E-state index in [-0.39, 0.29) is 30.3 Å². The van der Waals surface area contributed by atoms with Crippen molar-refractivity contribution in [2.24, 2.45) is 11.8 Å². The van der Waals surface area contributed by atoms with Crippen molar-refractivity contribution in [3.8, 4) is 0 Å². The molecule has 3 aliphatic heterocycles. The fourth-order valence-corrected chi connectivity index (χ4v) is 10.7. The maximum absolute atomic E-state index is 13.5. The standard InChI is InChI=1S/C45H54N8O6S/c1-26-46-20-18-33(48-26)40(55)49-34-24-37-35(23-31(34)45(2,3)59)50-42(60-37)29-13-11-28(12-14-29)25-52-21-5-7-27(8-6-22-52)17-19-47-32-10-4-9-30-39(32)44(58)53(43(30)57)36-15-16-38(54)51-41(36)56/h4,9-10,18,20,23-24,27-29,36,47,59H,5-8,11-17,19,21-22,25H2,1-3H3,(H,49,55)(H,51,54,56)/t28-,29-,36?. The van der Waals surface area contributed by atoms with E-state index < -0.39 is 29.4 Å². The van der Waals surface area contributed by atoms with Crippen molar-refractivity contribution in [1.82, 2.24) is 30.1 Å². The first-order chi connectivity index (χ1) is 28.8. The van der Waals surface area contributed by atoms with E-state index in [9.17, 15) is 29.1 Å². The summed E-state index contributed by atoms with van der Waals surface area (Å²) in [6, 6.07) is 9.65. The molecule has 3 fully saturated rings. The minimum absolute atomic E-state index is 0.0917. The van der Waals surface area contributed by atoms with Gasteiger partial charge < -0.3 is 20.6 Å². The van der Waals surface area contributed by atoms with Gasteiger partial charge in [0.05, 0.1) is 32.0 Å². The van der Waals surface area contributed by atoms with E-state index >= 15 is 0 Å². The van der Waals surface area contributed by atoms with Gasteiger partial charge in [-0.15, -0.1) is 11.3 Å². The summed E-state index contributed by atoms with van der Waals surface area (Å²) in [5, 5.41) is 20.8. The number of rotatable bonds is 11. The van der Waals surface area contributed by atoms with Crippen LogP contribution < -0.4 is 16.0 Å². The Morgan fingerprint density at radius 2 is 1.70 bits per heavy atom. The van der Waals surface area contributed by atoms with Gasteiger partial charge in [-0.25, -0.2) is 15.0 Å². The molecule has 4 aliphatic rings. The smallest absolute Gasteiger partial charge is 0.274 e. The lowest BCUT2D eigenvalue weighted by Gasteiger charge is -2.34. The summed E-state index contributed by atoms with van der Waals surface area (Å²) >= 11 is 1.68. The lowest BCUT2D eigenvalue weighted by molar-refractivity contribution is -0.136. The maximum atomic E-state index is 13.5. The SMILES string of the molecule is Cc1nccc(C(=O)Nc2cc3sc([C@H]4CC[C@H](CN5CCCC(CCNc6cccc7c6C(=O)N(C6CCC(=O)NC6=O)C7=O)CCC5)CC4)nc3cc2C(C)(C)O)n1. The molecule has 1 aliphatic carbocycles. The number of thiazole rings is 1. The highest BCUT2D eigenvalue weighted by molar-refractivity contribution is 7.18. The molecular weight excluding hydrogens is 781 g/mol. The Kier molecular flexibility index (Phi) is 12.1. The van der Waals surface area contributed by atoms with E-state index in [0.717, 1.165) is 84.7 Å². The van der Waals surface area contributed by atoms with Crippen molar-refractivity contribution in [1.29, 1.82) is 0 Å². The van der Waals surface area contributed by atoms with E-state index in [1.807, 2.05) is 18.2 Å². The predicted octanol–water partition coefficient (Wildman–Crippen LogP) is 6.54. The third kappa shape index (κ3) is 8.98. The first-order valence-corrected chi connectivity index (χ1v) is 22.2. The van der Waals surface area contributed by atoms with Gasteiger partial charge in [-0.1, -0.05) is 6.07 Å². The third-order valence-electron chi connectivity index (χ3n) is 12.7. The number of aryl methyl sites for hydroxylation is 1. The van der Waals surface area contributed by atoms with Gasteiger partial charge in [0.1, 0.15) is 17.6 Å². The molecule has 14 nitrogen and oxygen atoms in total. The second-order valence-corrected chi connectivity index (χ2v) is 18.5. The molecule has 2 saturated heterocycles. The van der Waals surface area contributed by atoms with Crippen molar-refractivity contribution in [3.05, 3.63) is 75.8 Å². The number of carbonyl (C=O) groups is 5. The molecule has 2 aromatic carbocycles. The van der Waals surface area contributed by atoms with Crippen molar-refractivity contribution >= 4 is 62.5 Å². The molecule has 2 aromatic heterocycles. The van der Waals surface area contributed by atoms with Crippen LogP contribution in [0.15, 0.2) is 42.6 Å². The molecular formula is C45H54N8O6S. The van der Waals surface area contributed by atoms with Crippen LogP contribution in [0.25, 0.3) is 10.2 Å². The Hall–Kier alpha value is -5.12. The highest BCUT2D eigenvalue weighted by Crippen LogP contribution is 2.42. The van der Waals surface area contributed by atoms with Crippen molar-refractivity contribution in [2.75, 3.05) is 36.8 Å². The second kappa shape index (κ2) is 17.5. The number of aromatic nitrogens is 3. The molecule has 5 heterocycles. The lowest BCUT2D eigenvalue weighted by atomic mass is 9.82. The number of fused-ring (bicyclic) bond motifs is 2. The van der Waals surface area contributed by atoms with Crippen LogP contribution in [0.1, 0.15) is 138 Å². The van der Waals surface area contributed by atoms with Crippen LogP contribution in [-0.2, 0) is 15.2 Å². The first kappa shape index (κ1) is 41.6. The van der Waals surface area contributed by atoms with Gasteiger partial charge in [-0.2, -0.15) is 0 Å². The molecule has 0 radical (unpaired) electrons. The summed E-state index contributed by atoms with van der Waals surface area (Å²) in [6.07, 6.45) is 11.9. The molecule has 15 heteroatoms. The third-order valence-corrected chi connectivity index (χ3v) is 13.9. The van der Waals surface area contributed by atoms with Crippen molar-refractivity contribution in [3.63, 3.8) is 0 Å².